The van der Waals surface area contributed by atoms with Gasteiger partial charge in [-0.2, -0.15) is 0 Å². The van der Waals surface area contributed by atoms with E-state index in [0.717, 1.165) is 17.7 Å². The molecule has 0 saturated carbocycles. The van der Waals surface area contributed by atoms with Gasteiger partial charge in [-0.05, 0) is 57.4 Å². The Kier molecular flexibility index (Phi) is 3.96. The second-order valence-electron chi connectivity index (χ2n) is 4.77. The summed E-state index contributed by atoms with van der Waals surface area (Å²) in [5, 5.41) is 3.72. The Labute approximate surface area is 136 Å². The van der Waals surface area contributed by atoms with Crippen LogP contribution in [0.1, 0.15) is 11.1 Å². The first kappa shape index (κ1) is 14.8. The van der Waals surface area contributed by atoms with Crippen molar-refractivity contribution in [1.29, 1.82) is 0 Å². The highest BCUT2D eigenvalue weighted by molar-refractivity contribution is 9.10. The number of fused-ring (bicyclic) bond motifs is 1. The van der Waals surface area contributed by atoms with E-state index in [1.165, 1.54) is 0 Å². The van der Waals surface area contributed by atoms with Crippen molar-refractivity contribution in [3.63, 3.8) is 0 Å². The van der Waals surface area contributed by atoms with Crippen molar-refractivity contribution in [3.05, 3.63) is 57.0 Å². The van der Waals surface area contributed by atoms with Crippen molar-refractivity contribution in [2.45, 2.75) is 18.0 Å². The summed E-state index contributed by atoms with van der Waals surface area (Å²) in [6.45, 7) is 1.48. The number of sulfonamides is 1. The summed E-state index contributed by atoms with van der Waals surface area (Å²) >= 11 is 9.18. The molecule has 1 heterocycles. The fraction of sp³-hybridized carbons (Fsp3) is 0.143. The van der Waals surface area contributed by atoms with Crippen molar-refractivity contribution in [2.24, 2.45) is 0 Å². The molecule has 0 unspecified atom stereocenters. The van der Waals surface area contributed by atoms with Crippen LogP contribution in [-0.2, 0) is 23.1 Å². The highest BCUT2D eigenvalue weighted by Crippen LogP contribution is 2.27. The van der Waals surface area contributed by atoms with E-state index in [4.69, 9.17) is 11.6 Å². The lowest BCUT2D eigenvalue weighted by atomic mass is 10.1. The normalized spacial score (nSPS) is 14.0. The third-order valence-electron chi connectivity index (χ3n) is 3.29. The number of halogens is 2. The molecule has 0 spiro atoms. The summed E-state index contributed by atoms with van der Waals surface area (Å²) in [5.41, 5.74) is 2.63. The zero-order valence-corrected chi connectivity index (χ0v) is 14.0. The molecule has 1 aliphatic heterocycles. The molecule has 1 aliphatic rings. The van der Waals surface area contributed by atoms with E-state index in [1.54, 1.807) is 30.3 Å². The van der Waals surface area contributed by atoms with E-state index < -0.39 is 10.0 Å². The number of hydrogen-bond donors (Lipinski definition) is 2. The Balaban J connectivity index is 1.91. The highest BCUT2D eigenvalue weighted by Gasteiger charge is 2.18. The largest absolute Gasteiger partial charge is 0.309 e. The van der Waals surface area contributed by atoms with Gasteiger partial charge >= 0.3 is 0 Å². The predicted molar refractivity (Wildman–Crippen MR) is 86.9 cm³/mol. The third-order valence-corrected chi connectivity index (χ3v) is 5.88. The third kappa shape index (κ3) is 3.08. The minimum atomic E-state index is -3.61. The molecule has 2 aromatic carbocycles. The van der Waals surface area contributed by atoms with E-state index in [-0.39, 0.29) is 4.90 Å². The maximum atomic E-state index is 12.4. The molecule has 0 bridgehead atoms. The molecular weight excluding hydrogens is 376 g/mol. The maximum absolute atomic E-state index is 12.4. The second-order valence-corrected chi connectivity index (χ2v) is 7.71. The smallest absolute Gasteiger partial charge is 0.261 e. The van der Waals surface area contributed by atoms with E-state index >= 15 is 0 Å². The molecule has 0 fully saturated rings. The van der Waals surface area contributed by atoms with Crippen LogP contribution in [0, 0.1) is 0 Å². The molecule has 0 aromatic heterocycles. The molecule has 0 saturated heterocycles. The number of hydrogen-bond acceptors (Lipinski definition) is 3. The van der Waals surface area contributed by atoms with Crippen LogP contribution >= 0.6 is 27.5 Å². The van der Waals surface area contributed by atoms with Gasteiger partial charge in [0.05, 0.1) is 15.6 Å². The monoisotopic (exact) mass is 386 g/mol. The average Bonchev–Trinajstić information content (AvgIpc) is 2.90. The van der Waals surface area contributed by atoms with E-state index in [9.17, 15) is 8.42 Å². The molecule has 7 heteroatoms. The Morgan fingerprint density at radius 3 is 2.62 bits per heavy atom. The average molecular weight is 388 g/mol. The van der Waals surface area contributed by atoms with Crippen molar-refractivity contribution >= 4 is 43.2 Å². The van der Waals surface area contributed by atoms with Gasteiger partial charge in [-0.3, -0.25) is 4.72 Å². The highest BCUT2D eigenvalue weighted by atomic mass is 79.9. The van der Waals surface area contributed by atoms with Crippen LogP contribution in [0.25, 0.3) is 0 Å². The Morgan fingerprint density at radius 2 is 1.86 bits per heavy atom. The minimum absolute atomic E-state index is 0.260. The lowest BCUT2D eigenvalue weighted by Crippen LogP contribution is -2.13. The number of nitrogens with one attached hydrogen (secondary N) is 2. The van der Waals surface area contributed by atoms with Gasteiger partial charge in [-0.1, -0.05) is 17.7 Å². The van der Waals surface area contributed by atoms with Gasteiger partial charge in [0.15, 0.2) is 0 Å². The number of anilines is 1. The van der Waals surface area contributed by atoms with Gasteiger partial charge < -0.3 is 5.32 Å². The SMILES string of the molecule is O=S(=O)(Nc1ccc(Cl)c(Br)c1)c1ccc2c(c1)CNC2. The lowest BCUT2D eigenvalue weighted by molar-refractivity contribution is 0.601. The summed E-state index contributed by atoms with van der Waals surface area (Å²) in [6, 6.07) is 10.1. The van der Waals surface area contributed by atoms with Crippen LogP contribution in [0.2, 0.25) is 5.02 Å². The second kappa shape index (κ2) is 5.61. The van der Waals surface area contributed by atoms with Gasteiger partial charge in [0.25, 0.3) is 10.0 Å². The first-order chi connectivity index (χ1) is 9.95. The summed E-state index contributed by atoms with van der Waals surface area (Å²) in [7, 11) is -3.61. The molecule has 3 rings (SSSR count). The lowest BCUT2D eigenvalue weighted by Gasteiger charge is -2.10. The topological polar surface area (TPSA) is 58.2 Å². The van der Waals surface area contributed by atoms with Crippen molar-refractivity contribution < 1.29 is 8.42 Å². The Hall–Kier alpha value is -1.08. The van der Waals surface area contributed by atoms with Gasteiger partial charge in [-0.15, -0.1) is 0 Å². The first-order valence-corrected chi connectivity index (χ1v) is 8.91. The zero-order valence-electron chi connectivity index (χ0n) is 10.9. The summed E-state index contributed by atoms with van der Waals surface area (Å²) in [4.78, 5) is 0.260. The fourth-order valence-electron chi connectivity index (χ4n) is 2.21. The zero-order chi connectivity index (χ0) is 15.0. The summed E-state index contributed by atoms with van der Waals surface area (Å²) in [6.07, 6.45) is 0. The number of benzene rings is 2. The molecule has 4 nitrogen and oxygen atoms in total. The maximum Gasteiger partial charge on any atom is 0.261 e. The van der Waals surface area contributed by atoms with Crippen molar-refractivity contribution in [2.75, 3.05) is 4.72 Å². The van der Waals surface area contributed by atoms with Gasteiger partial charge in [-0.25, -0.2) is 8.42 Å². The van der Waals surface area contributed by atoms with E-state index in [1.807, 2.05) is 6.07 Å². The van der Waals surface area contributed by atoms with Crippen LogP contribution in [0.3, 0.4) is 0 Å². The molecule has 0 atom stereocenters. The fourth-order valence-corrected chi connectivity index (χ4v) is 3.81. The molecule has 0 amide bonds. The van der Waals surface area contributed by atoms with Crippen LogP contribution in [-0.4, -0.2) is 8.42 Å². The van der Waals surface area contributed by atoms with Crippen molar-refractivity contribution in [3.8, 4) is 0 Å². The Bertz CT molecular complexity index is 809. The molecule has 21 heavy (non-hydrogen) atoms. The van der Waals surface area contributed by atoms with Crippen LogP contribution in [0.4, 0.5) is 5.69 Å². The van der Waals surface area contributed by atoms with Crippen LogP contribution < -0.4 is 10.0 Å². The van der Waals surface area contributed by atoms with Gasteiger partial charge in [0.1, 0.15) is 0 Å². The number of rotatable bonds is 3. The minimum Gasteiger partial charge on any atom is -0.309 e. The summed E-state index contributed by atoms with van der Waals surface area (Å²) in [5.74, 6) is 0. The van der Waals surface area contributed by atoms with Gasteiger partial charge in [0.2, 0.25) is 0 Å². The van der Waals surface area contributed by atoms with Crippen molar-refractivity contribution in [1.82, 2.24) is 5.32 Å². The predicted octanol–water partition coefficient (Wildman–Crippen LogP) is 3.51. The van der Waals surface area contributed by atoms with E-state index in [0.29, 0.717) is 21.7 Å². The standard InChI is InChI=1S/C14H12BrClN2O2S/c15-13-6-11(2-4-14(13)16)18-21(19,20)12-3-1-9-7-17-8-10(9)5-12/h1-6,17-18H,7-8H2. The first-order valence-electron chi connectivity index (χ1n) is 6.26. The van der Waals surface area contributed by atoms with Crippen LogP contribution in [0.15, 0.2) is 45.8 Å². The van der Waals surface area contributed by atoms with Gasteiger partial charge in [0, 0.05) is 17.6 Å². The molecule has 110 valence electrons. The van der Waals surface area contributed by atoms with E-state index in [2.05, 4.69) is 26.0 Å². The molecule has 0 aliphatic carbocycles. The van der Waals surface area contributed by atoms with Crippen LogP contribution in [0.5, 0.6) is 0 Å². The molecular formula is C14H12BrClN2O2S. The molecule has 2 aromatic rings. The molecule has 2 N–H and O–H groups in total. The quantitative estimate of drug-likeness (QED) is 0.847. The summed E-state index contributed by atoms with van der Waals surface area (Å²) < 4.78 is 28.0. The molecule has 0 radical (unpaired) electrons. The Morgan fingerprint density at radius 1 is 1.10 bits per heavy atom.